The lowest BCUT2D eigenvalue weighted by atomic mass is 10.1. The fourth-order valence-electron chi connectivity index (χ4n) is 3.07. The lowest BCUT2D eigenvalue weighted by molar-refractivity contribution is -0.118. The van der Waals surface area contributed by atoms with Gasteiger partial charge in [0.05, 0.1) is 11.6 Å². The second kappa shape index (κ2) is 12.1. The van der Waals surface area contributed by atoms with Crippen LogP contribution in [0.2, 0.25) is 5.02 Å². The maximum atomic E-state index is 14.1. The van der Waals surface area contributed by atoms with Crippen molar-refractivity contribution in [3.8, 4) is 11.5 Å². The van der Waals surface area contributed by atoms with Gasteiger partial charge in [-0.1, -0.05) is 47.4 Å². The largest absolute Gasteiger partial charge is 0.490 e. The number of hydrogen-bond donors (Lipinski definition) is 2. The molecule has 0 unspecified atom stereocenters. The minimum absolute atomic E-state index is 0.0185. The van der Waals surface area contributed by atoms with Crippen molar-refractivity contribution < 1.29 is 18.7 Å². The molecule has 0 atom stereocenters. The molecular formula is C26H27BrClFN2O3. The molecule has 3 aromatic rings. The van der Waals surface area contributed by atoms with Crippen LogP contribution in [0.3, 0.4) is 0 Å². The maximum Gasteiger partial charge on any atom is 0.226 e. The molecule has 0 aromatic heterocycles. The Bertz CT molecular complexity index is 1120. The summed E-state index contributed by atoms with van der Waals surface area (Å²) in [6.45, 7) is 6.55. The Balaban J connectivity index is 1.69. The first-order chi connectivity index (χ1) is 16.3. The third-order valence-corrected chi connectivity index (χ3v) is 6.10. The fourth-order valence-corrected chi connectivity index (χ4v) is 3.75. The first-order valence-corrected chi connectivity index (χ1v) is 12.1. The fraction of sp³-hybridized carbons (Fsp3) is 0.269. The van der Waals surface area contributed by atoms with E-state index in [1.807, 2.05) is 51.1 Å². The lowest BCUT2D eigenvalue weighted by Crippen LogP contribution is -2.17. The molecule has 0 radical (unpaired) electrons. The van der Waals surface area contributed by atoms with Crippen LogP contribution in [0.15, 0.2) is 59.1 Å². The SMILES string of the molecule is CCOc1cc(CNc2ccc(NC(=O)C(C)C)cc2)c(Br)cc1OCc1c(F)cccc1Cl. The number of rotatable bonds is 10. The highest BCUT2D eigenvalue weighted by atomic mass is 79.9. The zero-order valence-electron chi connectivity index (χ0n) is 19.3. The Morgan fingerprint density at radius 2 is 1.74 bits per heavy atom. The average molecular weight is 550 g/mol. The van der Waals surface area contributed by atoms with E-state index >= 15 is 0 Å². The summed E-state index contributed by atoms with van der Waals surface area (Å²) >= 11 is 9.70. The molecule has 5 nitrogen and oxygen atoms in total. The van der Waals surface area contributed by atoms with Gasteiger partial charge in [-0.25, -0.2) is 4.39 Å². The number of hydrogen-bond acceptors (Lipinski definition) is 4. The van der Waals surface area contributed by atoms with E-state index in [4.69, 9.17) is 21.1 Å². The van der Waals surface area contributed by atoms with Gasteiger partial charge in [0.15, 0.2) is 11.5 Å². The van der Waals surface area contributed by atoms with E-state index in [1.165, 1.54) is 6.07 Å². The molecule has 0 heterocycles. The van der Waals surface area contributed by atoms with E-state index in [0.717, 1.165) is 21.4 Å². The number of halogens is 3. The third kappa shape index (κ3) is 6.87. The standard InChI is InChI=1S/C26H27BrClFN2O3/c1-4-33-24-12-17(14-30-18-8-10-19(11-9-18)31-26(32)16(2)3)21(27)13-25(24)34-15-20-22(28)6-5-7-23(20)29/h5-13,16,30H,4,14-15H2,1-3H3,(H,31,32). The predicted molar refractivity (Wildman–Crippen MR) is 138 cm³/mol. The highest BCUT2D eigenvalue weighted by molar-refractivity contribution is 9.10. The van der Waals surface area contributed by atoms with Crippen molar-refractivity contribution >= 4 is 44.8 Å². The molecule has 0 saturated carbocycles. The zero-order valence-corrected chi connectivity index (χ0v) is 21.6. The van der Waals surface area contributed by atoms with Crippen molar-refractivity contribution in [3.05, 3.63) is 81.0 Å². The summed E-state index contributed by atoms with van der Waals surface area (Å²) in [5.41, 5.74) is 2.90. The Labute approximate surface area is 212 Å². The average Bonchev–Trinajstić information content (AvgIpc) is 2.80. The lowest BCUT2D eigenvalue weighted by Gasteiger charge is -2.16. The topological polar surface area (TPSA) is 59.6 Å². The predicted octanol–water partition coefficient (Wildman–Crippen LogP) is 7.43. The van der Waals surface area contributed by atoms with Crippen molar-refractivity contribution in [2.45, 2.75) is 33.9 Å². The highest BCUT2D eigenvalue weighted by Crippen LogP contribution is 2.35. The molecule has 0 aliphatic heterocycles. The molecule has 34 heavy (non-hydrogen) atoms. The number of ether oxygens (including phenoxy) is 2. The molecule has 0 fully saturated rings. The second-order valence-electron chi connectivity index (χ2n) is 7.89. The Morgan fingerprint density at radius 1 is 1.06 bits per heavy atom. The molecule has 0 aliphatic rings. The first-order valence-electron chi connectivity index (χ1n) is 10.9. The molecule has 3 aromatic carbocycles. The van der Waals surface area contributed by atoms with E-state index in [0.29, 0.717) is 35.2 Å². The van der Waals surface area contributed by atoms with Gasteiger partial charge in [-0.05, 0) is 61.0 Å². The Hall–Kier alpha value is -2.77. The smallest absolute Gasteiger partial charge is 0.226 e. The van der Waals surface area contributed by atoms with Crippen molar-refractivity contribution in [3.63, 3.8) is 0 Å². The van der Waals surface area contributed by atoms with Gasteiger partial charge in [0, 0.05) is 33.9 Å². The molecule has 0 bridgehead atoms. The summed E-state index contributed by atoms with van der Waals surface area (Å²) in [5.74, 6) is 0.530. The van der Waals surface area contributed by atoms with Crippen molar-refractivity contribution in [2.24, 2.45) is 5.92 Å². The minimum Gasteiger partial charge on any atom is -0.490 e. The zero-order chi connectivity index (χ0) is 24.7. The van der Waals surface area contributed by atoms with E-state index in [2.05, 4.69) is 26.6 Å². The third-order valence-electron chi connectivity index (χ3n) is 5.01. The van der Waals surface area contributed by atoms with Gasteiger partial charge in [-0.3, -0.25) is 4.79 Å². The van der Waals surface area contributed by atoms with Gasteiger partial charge < -0.3 is 20.1 Å². The molecule has 3 rings (SSSR count). The van der Waals surface area contributed by atoms with Crippen LogP contribution in [0.25, 0.3) is 0 Å². The van der Waals surface area contributed by atoms with Gasteiger partial charge >= 0.3 is 0 Å². The summed E-state index contributed by atoms with van der Waals surface area (Å²) in [4.78, 5) is 11.8. The van der Waals surface area contributed by atoms with Crippen LogP contribution >= 0.6 is 27.5 Å². The number of carbonyl (C=O) groups is 1. The summed E-state index contributed by atoms with van der Waals surface area (Å²) < 4.78 is 26.5. The van der Waals surface area contributed by atoms with Crippen LogP contribution in [0, 0.1) is 11.7 Å². The normalized spacial score (nSPS) is 10.8. The van der Waals surface area contributed by atoms with E-state index < -0.39 is 5.82 Å². The van der Waals surface area contributed by atoms with E-state index in [-0.39, 0.29) is 18.4 Å². The van der Waals surface area contributed by atoms with Crippen molar-refractivity contribution in [1.82, 2.24) is 0 Å². The molecule has 0 aliphatic carbocycles. The van der Waals surface area contributed by atoms with Gasteiger partial charge in [-0.15, -0.1) is 0 Å². The molecule has 0 spiro atoms. The Kier molecular flexibility index (Phi) is 9.19. The van der Waals surface area contributed by atoms with Gasteiger partial charge in [0.25, 0.3) is 0 Å². The van der Waals surface area contributed by atoms with Crippen LogP contribution in [-0.2, 0) is 17.9 Å². The van der Waals surface area contributed by atoms with Gasteiger partial charge in [0.2, 0.25) is 5.91 Å². The number of amides is 1. The van der Waals surface area contributed by atoms with Crippen LogP contribution < -0.4 is 20.1 Å². The first kappa shape index (κ1) is 25.8. The van der Waals surface area contributed by atoms with Crippen molar-refractivity contribution in [1.29, 1.82) is 0 Å². The second-order valence-corrected chi connectivity index (χ2v) is 9.15. The summed E-state index contributed by atoms with van der Waals surface area (Å²) in [7, 11) is 0. The van der Waals surface area contributed by atoms with Gasteiger partial charge in [-0.2, -0.15) is 0 Å². The van der Waals surface area contributed by atoms with Crippen molar-refractivity contribution in [2.75, 3.05) is 17.2 Å². The number of nitrogens with one attached hydrogen (secondary N) is 2. The molecule has 2 N–H and O–H groups in total. The summed E-state index contributed by atoms with van der Waals surface area (Å²) in [5, 5.41) is 6.55. The highest BCUT2D eigenvalue weighted by Gasteiger charge is 2.14. The number of carbonyl (C=O) groups excluding carboxylic acids is 1. The van der Waals surface area contributed by atoms with E-state index in [1.54, 1.807) is 18.2 Å². The van der Waals surface area contributed by atoms with Crippen LogP contribution in [0.4, 0.5) is 15.8 Å². The van der Waals surface area contributed by atoms with E-state index in [9.17, 15) is 9.18 Å². The maximum absolute atomic E-state index is 14.1. The monoisotopic (exact) mass is 548 g/mol. The van der Waals surface area contributed by atoms with Crippen LogP contribution in [0.5, 0.6) is 11.5 Å². The number of anilines is 2. The van der Waals surface area contributed by atoms with Crippen LogP contribution in [-0.4, -0.2) is 12.5 Å². The molecule has 1 amide bonds. The Morgan fingerprint density at radius 3 is 2.38 bits per heavy atom. The molecule has 8 heteroatoms. The minimum atomic E-state index is -0.417. The molecular weight excluding hydrogens is 523 g/mol. The van der Waals surface area contributed by atoms with Crippen LogP contribution in [0.1, 0.15) is 31.9 Å². The summed E-state index contributed by atoms with van der Waals surface area (Å²) in [6.07, 6.45) is 0. The number of benzene rings is 3. The quantitative estimate of drug-likeness (QED) is 0.276. The molecule has 0 saturated heterocycles. The van der Waals surface area contributed by atoms with Gasteiger partial charge in [0.1, 0.15) is 12.4 Å². The summed E-state index contributed by atoms with van der Waals surface area (Å²) in [6, 6.07) is 15.7. The molecule has 180 valence electrons.